The second-order valence-corrected chi connectivity index (χ2v) is 6.46. The van der Waals surface area contributed by atoms with Crippen LogP contribution in [0.25, 0.3) is 0 Å². The molecule has 1 fully saturated rings. The number of benzene rings is 2. The number of nitrogens with one attached hydrogen (secondary N) is 1. The van der Waals surface area contributed by atoms with Gasteiger partial charge in [0.05, 0.1) is 6.54 Å². The molecule has 0 spiro atoms. The van der Waals surface area contributed by atoms with Crippen molar-refractivity contribution >= 4 is 16.9 Å². The molecule has 2 aromatic rings. The normalized spacial score (nSPS) is 19.7. The van der Waals surface area contributed by atoms with Crippen LogP contribution in [0.1, 0.15) is 16.7 Å². The minimum atomic E-state index is 0.494. The van der Waals surface area contributed by atoms with Crippen molar-refractivity contribution < 1.29 is 0 Å². The van der Waals surface area contributed by atoms with E-state index in [0.717, 1.165) is 23.9 Å². The number of aryl methyl sites for hydroxylation is 1. The largest absolute Gasteiger partial charge is 0.361 e. The van der Waals surface area contributed by atoms with Crippen molar-refractivity contribution in [3.05, 3.63) is 71.3 Å². The summed E-state index contributed by atoms with van der Waals surface area (Å²) in [5.41, 5.74) is 3.95. The lowest BCUT2D eigenvalue weighted by molar-refractivity contribution is 0.686. The van der Waals surface area contributed by atoms with Crippen LogP contribution in [0.3, 0.4) is 0 Å². The number of rotatable bonds is 4. The third-order valence-electron chi connectivity index (χ3n) is 3.56. The van der Waals surface area contributed by atoms with E-state index in [2.05, 4.69) is 66.8 Å². The fourth-order valence-corrected chi connectivity index (χ4v) is 3.48. The molecule has 0 amide bonds. The molecular formula is C18H20N2S. The summed E-state index contributed by atoms with van der Waals surface area (Å²) in [4.78, 5) is 4.69. The van der Waals surface area contributed by atoms with Gasteiger partial charge in [-0.15, -0.1) is 0 Å². The Kier molecular flexibility index (Phi) is 4.61. The van der Waals surface area contributed by atoms with Gasteiger partial charge in [-0.3, -0.25) is 4.99 Å². The van der Waals surface area contributed by atoms with Crippen LogP contribution in [0.15, 0.2) is 59.6 Å². The van der Waals surface area contributed by atoms with E-state index in [1.54, 1.807) is 0 Å². The third-order valence-corrected chi connectivity index (χ3v) is 4.65. The molecule has 1 N–H and O–H groups in total. The standard InChI is InChI=1S/C18H20N2S/c1-14-6-5-9-16(10-14)12-19-18-20-17(13-21-18)11-15-7-3-2-4-8-15/h2-10,17H,11-13H2,1H3,(H,19,20). The Balaban J connectivity index is 1.55. The topological polar surface area (TPSA) is 24.4 Å². The number of thioether (sulfide) groups is 1. The minimum absolute atomic E-state index is 0.494. The molecule has 1 atom stereocenters. The molecule has 0 radical (unpaired) electrons. The van der Waals surface area contributed by atoms with E-state index < -0.39 is 0 Å². The van der Waals surface area contributed by atoms with Crippen LogP contribution in [-0.4, -0.2) is 17.0 Å². The average Bonchev–Trinajstić information content (AvgIpc) is 2.94. The van der Waals surface area contributed by atoms with E-state index >= 15 is 0 Å². The minimum Gasteiger partial charge on any atom is -0.361 e. The molecule has 0 aromatic heterocycles. The third kappa shape index (κ3) is 4.11. The Bertz CT molecular complexity index is 622. The molecule has 21 heavy (non-hydrogen) atoms. The van der Waals surface area contributed by atoms with Crippen molar-refractivity contribution in [1.82, 2.24) is 5.32 Å². The fraction of sp³-hybridized carbons (Fsp3) is 0.278. The Morgan fingerprint density at radius 1 is 1.10 bits per heavy atom. The molecule has 3 heteroatoms. The van der Waals surface area contributed by atoms with Gasteiger partial charge in [-0.2, -0.15) is 0 Å². The monoisotopic (exact) mass is 296 g/mol. The maximum absolute atomic E-state index is 4.69. The summed E-state index contributed by atoms with van der Waals surface area (Å²) in [5, 5.41) is 4.62. The summed E-state index contributed by atoms with van der Waals surface area (Å²) in [5.74, 6) is 1.10. The molecule has 1 aliphatic heterocycles. The molecule has 0 aliphatic carbocycles. The van der Waals surface area contributed by atoms with E-state index in [1.807, 2.05) is 11.8 Å². The first kappa shape index (κ1) is 14.2. The maximum Gasteiger partial charge on any atom is 0.157 e. The Morgan fingerprint density at radius 3 is 2.71 bits per heavy atom. The second kappa shape index (κ2) is 6.81. The lowest BCUT2D eigenvalue weighted by Crippen LogP contribution is -2.29. The van der Waals surface area contributed by atoms with E-state index in [-0.39, 0.29) is 0 Å². The first-order chi connectivity index (χ1) is 10.3. The van der Waals surface area contributed by atoms with Gasteiger partial charge in [0, 0.05) is 11.8 Å². The summed E-state index contributed by atoms with van der Waals surface area (Å²) in [7, 11) is 0. The number of aliphatic imine (C=N–C) groups is 1. The van der Waals surface area contributed by atoms with Gasteiger partial charge in [-0.25, -0.2) is 0 Å². The first-order valence-corrected chi connectivity index (χ1v) is 8.31. The smallest absolute Gasteiger partial charge is 0.157 e. The number of amidine groups is 1. The zero-order valence-corrected chi connectivity index (χ0v) is 13.1. The molecule has 1 heterocycles. The van der Waals surface area contributed by atoms with Crippen LogP contribution in [-0.2, 0) is 13.0 Å². The van der Waals surface area contributed by atoms with Gasteiger partial charge in [-0.1, -0.05) is 71.9 Å². The van der Waals surface area contributed by atoms with Gasteiger partial charge in [0.25, 0.3) is 0 Å². The summed E-state index contributed by atoms with van der Waals surface area (Å²) in [6.07, 6.45) is 1.07. The highest BCUT2D eigenvalue weighted by Crippen LogP contribution is 2.18. The predicted molar refractivity (Wildman–Crippen MR) is 91.8 cm³/mol. The molecule has 1 aliphatic rings. The zero-order chi connectivity index (χ0) is 14.5. The van der Waals surface area contributed by atoms with Gasteiger partial charge in [-0.05, 0) is 24.5 Å². The van der Waals surface area contributed by atoms with Crippen molar-refractivity contribution in [2.24, 2.45) is 4.99 Å². The molecule has 3 rings (SSSR count). The maximum atomic E-state index is 4.69. The van der Waals surface area contributed by atoms with Crippen molar-refractivity contribution in [2.45, 2.75) is 25.9 Å². The summed E-state index contributed by atoms with van der Waals surface area (Å²) in [6, 6.07) is 19.7. The quantitative estimate of drug-likeness (QED) is 0.928. The van der Waals surface area contributed by atoms with E-state index in [4.69, 9.17) is 4.99 Å². The van der Waals surface area contributed by atoms with Gasteiger partial charge in [0.15, 0.2) is 5.17 Å². The lowest BCUT2D eigenvalue weighted by Gasteiger charge is -2.09. The van der Waals surface area contributed by atoms with Crippen LogP contribution in [0, 0.1) is 6.92 Å². The predicted octanol–water partition coefficient (Wildman–Crippen LogP) is 3.80. The van der Waals surface area contributed by atoms with E-state index in [9.17, 15) is 0 Å². The zero-order valence-electron chi connectivity index (χ0n) is 12.3. The molecule has 2 nitrogen and oxygen atoms in total. The molecule has 0 saturated carbocycles. The number of hydrogen-bond donors (Lipinski definition) is 1. The van der Waals surface area contributed by atoms with Crippen LogP contribution >= 0.6 is 11.8 Å². The highest BCUT2D eigenvalue weighted by molar-refractivity contribution is 8.14. The Hall–Kier alpha value is -1.74. The van der Waals surface area contributed by atoms with Crippen LogP contribution in [0.4, 0.5) is 0 Å². The van der Waals surface area contributed by atoms with Crippen LogP contribution in [0.5, 0.6) is 0 Å². The Labute approximate surface area is 130 Å². The molecular weight excluding hydrogens is 276 g/mol. The van der Waals surface area contributed by atoms with E-state index in [0.29, 0.717) is 6.04 Å². The molecule has 108 valence electrons. The van der Waals surface area contributed by atoms with Crippen molar-refractivity contribution in [3.63, 3.8) is 0 Å². The molecule has 1 unspecified atom stereocenters. The highest BCUT2D eigenvalue weighted by atomic mass is 32.2. The first-order valence-electron chi connectivity index (χ1n) is 7.33. The lowest BCUT2D eigenvalue weighted by atomic mass is 10.1. The fourth-order valence-electron chi connectivity index (χ4n) is 2.51. The highest BCUT2D eigenvalue weighted by Gasteiger charge is 2.20. The van der Waals surface area contributed by atoms with Crippen LogP contribution in [0.2, 0.25) is 0 Å². The van der Waals surface area contributed by atoms with Gasteiger partial charge in [0.2, 0.25) is 0 Å². The van der Waals surface area contributed by atoms with Gasteiger partial charge < -0.3 is 5.32 Å². The van der Waals surface area contributed by atoms with Crippen molar-refractivity contribution in [1.29, 1.82) is 0 Å². The second-order valence-electron chi connectivity index (χ2n) is 5.45. The molecule has 1 saturated heterocycles. The summed E-state index contributed by atoms with van der Waals surface area (Å²) in [6.45, 7) is 2.88. The molecule has 0 bridgehead atoms. The van der Waals surface area contributed by atoms with Gasteiger partial charge >= 0.3 is 0 Å². The van der Waals surface area contributed by atoms with Crippen molar-refractivity contribution in [3.8, 4) is 0 Å². The average molecular weight is 296 g/mol. The van der Waals surface area contributed by atoms with Crippen LogP contribution < -0.4 is 5.32 Å². The number of hydrogen-bond acceptors (Lipinski definition) is 2. The van der Waals surface area contributed by atoms with Gasteiger partial charge in [0.1, 0.15) is 0 Å². The number of nitrogens with zero attached hydrogens (tertiary/aromatic N) is 1. The summed E-state index contributed by atoms with van der Waals surface area (Å²) >= 11 is 1.83. The van der Waals surface area contributed by atoms with Crippen molar-refractivity contribution in [2.75, 3.05) is 5.75 Å². The van der Waals surface area contributed by atoms with E-state index in [1.165, 1.54) is 16.7 Å². The summed E-state index contributed by atoms with van der Waals surface area (Å²) < 4.78 is 0. The Morgan fingerprint density at radius 2 is 1.90 bits per heavy atom. The molecule has 2 aromatic carbocycles. The SMILES string of the molecule is Cc1cccc(CN=C2NC(Cc3ccccc3)CS2)c1.